The average molecular weight is 250 g/mol. The molecule has 0 N–H and O–H groups in total. The summed E-state index contributed by atoms with van der Waals surface area (Å²) < 4.78 is 1.92. The largest absolute Gasteiger partial charge is 0.313 e. The van der Waals surface area contributed by atoms with E-state index in [2.05, 4.69) is 4.98 Å². The lowest BCUT2D eigenvalue weighted by Crippen LogP contribution is -1.96. The molecular formula is C16H14N2O. The number of pyridine rings is 2. The van der Waals surface area contributed by atoms with Crippen LogP contribution in [-0.2, 0) is 0 Å². The van der Waals surface area contributed by atoms with Crippen molar-refractivity contribution < 1.29 is 4.79 Å². The number of hydrogen-bond donors (Lipinski definition) is 0. The lowest BCUT2D eigenvalue weighted by molar-refractivity contribution is 0.101. The Kier molecular flexibility index (Phi) is 2.67. The second kappa shape index (κ2) is 4.35. The Hall–Kier alpha value is -2.42. The van der Waals surface area contributed by atoms with Crippen LogP contribution in [0.2, 0.25) is 0 Å². The normalized spacial score (nSPS) is 10.8. The maximum atomic E-state index is 11.7. The third-order valence-electron chi connectivity index (χ3n) is 3.22. The maximum Gasteiger partial charge on any atom is 0.176 e. The van der Waals surface area contributed by atoms with Crippen LogP contribution in [0, 0.1) is 6.92 Å². The molecule has 0 aliphatic heterocycles. The molecule has 3 aromatic heterocycles. The Bertz CT molecular complexity index is 754. The van der Waals surface area contributed by atoms with Crippen LogP contribution in [0.5, 0.6) is 0 Å². The van der Waals surface area contributed by atoms with Gasteiger partial charge in [0, 0.05) is 24.9 Å². The standard InChI is InChI=1S/C16H14N2O/c1-11-6-7-14(17-10-11)13-9-16(12(2)19)18-8-4-3-5-15(13)18/h3-10H,1-2H3. The van der Waals surface area contributed by atoms with Gasteiger partial charge in [0.15, 0.2) is 5.78 Å². The van der Waals surface area contributed by atoms with Gasteiger partial charge in [-0.05, 0) is 36.8 Å². The van der Waals surface area contributed by atoms with E-state index < -0.39 is 0 Å². The average Bonchev–Trinajstić information content (AvgIpc) is 2.79. The summed E-state index contributed by atoms with van der Waals surface area (Å²) in [5.41, 5.74) is 4.70. The highest BCUT2D eigenvalue weighted by Gasteiger charge is 2.13. The molecule has 0 spiro atoms. The van der Waals surface area contributed by atoms with Crippen LogP contribution in [0.3, 0.4) is 0 Å². The van der Waals surface area contributed by atoms with Crippen molar-refractivity contribution in [2.24, 2.45) is 0 Å². The monoisotopic (exact) mass is 250 g/mol. The fourth-order valence-electron chi connectivity index (χ4n) is 2.26. The van der Waals surface area contributed by atoms with Gasteiger partial charge < -0.3 is 4.40 Å². The first-order valence-corrected chi connectivity index (χ1v) is 6.21. The second-order valence-electron chi connectivity index (χ2n) is 4.68. The van der Waals surface area contributed by atoms with Crippen molar-refractivity contribution in [3.8, 4) is 11.3 Å². The summed E-state index contributed by atoms with van der Waals surface area (Å²) >= 11 is 0. The summed E-state index contributed by atoms with van der Waals surface area (Å²) in [5.74, 6) is 0.0551. The molecule has 0 aliphatic rings. The number of rotatable bonds is 2. The Labute approximate surface area is 111 Å². The smallest absolute Gasteiger partial charge is 0.176 e. The zero-order valence-electron chi connectivity index (χ0n) is 10.9. The summed E-state index contributed by atoms with van der Waals surface area (Å²) in [6.07, 6.45) is 3.75. The highest BCUT2D eigenvalue weighted by Crippen LogP contribution is 2.26. The Morgan fingerprint density at radius 2 is 2.05 bits per heavy atom. The lowest BCUT2D eigenvalue weighted by atomic mass is 10.1. The SMILES string of the molecule is CC(=O)c1cc(-c2ccc(C)cn2)c2ccccn12. The van der Waals surface area contributed by atoms with E-state index in [4.69, 9.17) is 0 Å². The molecule has 3 heteroatoms. The molecule has 0 aromatic carbocycles. The van der Waals surface area contributed by atoms with Gasteiger partial charge in [0.2, 0.25) is 0 Å². The summed E-state index contributed by atoms with van der Waals surface area (Å²) in [5, 5.41) is 0. The first-order valence-electron chi connectivity index (χ1n) is 6.21. The summed E-state index contributed by atoms with van der Waals surface area (Å²) in [6, 6.07) is 11.8. The highest BCUT2D eigenvalue weighted by atomic mass is 16.1. The number of carbonyl (C=O) groups excluding carboxylic acids is 1. The molecular weight excluding hydrogens is 236 g/mol. The molecule has 0 amide bonds. The van der Waals surface area contributed by atoms with Gasteiger partial charge in [-0.1, -0.05) is 12.1 Å². The van der Waals surface area contributed by atoms with Crippen molar-refractivity contribution in [1.29, 1.82) is 0 Å². The van der Waals surface area contributed by atoms with Gasteiger partial charge in [0.25, 0.3) is 0 Å². The van der Waals surface area contributed by atoms with E-state index in [0.717, 1.165) is 22.3 Å². The van der Waals surface area contributed by atoms with E-state index in [1.807, 2.05) is 60.1 Å². The van der Waals surface area contributed by atoms with Gasteiger partial charge in [-0.3, -0.25) is 9.78 Å². The Balaban J connectivity index is 2.29. The molecule has 3 heterocycles. The third-order valence-corrected chi connectivity index (χ3v) is 3.22. The van der Waals surface area contributed by atoms with Crippen molar-refractivity contribution in [2.75, 3.05) is 0 Å². The summed E-state index contributed by atoms with van der Waals surface area (Å²) in [6.45, 7) is 3.59. The molecule has 0 fully saturated rings. The van der Waals surface area contributed by atoms with Gasteiger partial charge in [-0.2, -0.15) is 0 Å². The molecule has 0 aliphatic carbocycles. The van der Waals surface area contributed by atoms with E-state index in [-0.39, 0.29) is 5.78 Å². The lowest BCUT2D eigenvalue weighted by Gasteiger charge is -2.00. The number of hydrogen-bond acceptors (Lipinski definition) is 2. The number of aromatic nitrogens is 2. The number of aryl methyl sites for hydroxylation is 1. The third kappa shape index (κ3) is 1.93. The van der Waals surface area contributed by atoms with Crippen LogP contribution in [0.1, 0.15) is 23.0 Å². The van der Waals surface area contributed by atoms with Crippen molar-refractivity contribution in [2.45, 2.75) is 13.8 Å². The molecule has 0 saturated carbocycles. The number of nitrogens with zero attached hydrogens (tertiary/aromatic N) is 2. The topological polar surface area (TPSA) is 34.4 Å². The fraction of sp³-hybridized carbons (Fsp3) is 0.125. The van der Waals surface area contributed by atoms with Crippen LogP contribution in [-0.4, -0.2) is 15.2 Å². The van der Waals surface area contributed by atoms with Gasteiger partial charge in [0.05, 0.1) is 16.9 Å². The molecule has 0 unspecified atom stereocenters. The van der Waals surface area contributed by atoms with Crippen molar-refractivity contribution >= 4 is 11.3 Å². The Morgan fingerprint density at radius 1 is 1.21 bits per heavy atom. The molecule has 3 rings (SSSR count). The summed E-state index contributed by atoms with van der Waals surface area (Å²) in [4.78, 5) is 16.2. The predicted octanol–water partition coefficient (Wildman–Crippen LogP) is 3.51. The molecule has 19 heavy (non-hydrogen) atoms. The fourth-order valence-corrected chi connectivity index (χ4v) is 2.26. The molecule has 3 aromatic rings. The molecule has 0 radical (unpaired) electrons. The molecule has 3 nitrogen and oxygen atoms in total. The zero-order chi connectivity index (χ0) is 13.4. The van der Waals surface area contributed by atoms with E-state index in [9.17, 15) is 4.79 Å². The van der Waals surface area contributed by atoms with Crippen LogP contribution < -0.4 is 0 Å². The first-order chi connectivity index (χ1) is 9.16. The zero-order valence-corrected chi connectivity index (χ0v) is 10.9. The predicted molar refractivity (Wildman–Crippen MR) is 75.4 cm³/mol. The van der Waals surface area contributed by atoms with E-state index >= 15 is 0 Å². The van der Waals surface area contributed by atoms with Crippen LogP contribution >= 0.6 is 0 Å². The minimum atomic E-state index is 0.0551. The molecule has 0 atom stereocenters. The van der Waals surface area contributed by atoms with Crippen LogP contribution in [0.25, 0.3) is 16.8 Å². The minimum absolute atomic E-state index is 0.0551. The van der Waals surface area contributed by atoms with E-state index in [1.54, 1.807) is 6.92 Å². The summed E-state index contributed by atoms with van der Waals surface area (Å²) in [7, 11) is 0. The number of ketones is 1. The minimum Gasteiger partial charge on any atom is -0.313 e. The van der Waals surface area contributed by atoms with Gasteiger partial charge in [0.1, 0.15) is 0 Å². The van der Waals surface area contributed by atoms with Crippen molar-refractivity contribution in [3.63, 3.8) is 0 Å². The van der Waals surface area contributed by atoms with E-state index in [1.165, 1.54) is 0 Å². The molecule has 0 saturated heterocycles. The maximum absolute atomic E-state index is 11.7. The van der Waals surface area contributed by atoms with E-state index in [0.29, 0.717) is 5.69 Å². The first kappa shape index (κ1) is 11.7. The van der Waals surface area contributed by atoms with Gasteiger partial charge in [-0.25, -0.2) is 0 Å². The second-order valence-corrected chi connectivity index (χ2v) is 4.68. The molecule has 94 valence electrons. The van der Waals surface area contributed by atoms with Crippen molar-refractivity contribution in [3.05, 3.63) is 60.0 Å². The van der Waals surface area contributed by atoms with Gasteiger partial charge in [-0.15, -0.1) is 0 Å². The van der Waals surface area contributed by atoms with Gasteiger partial charge >= 0.3 is 0 Å². The van der Waals surface area contributed by atoms with Crippen molar-refractivity contribution in [1.82, 2.24) is 9.38 Å². The van der Waals surface area contributed by atoms with Crippen LogP contribution in [0.15, 0.2) is 48.8 Å². The highest BCUT2D eigenvalue weighted by molar-refractivity contribution is 5.97. The van der Waals surface area contributed by atoms with Crippen LogP contribution in [0.4, 0.5) is 0 Å². The quantitative estimate of drug-likeness (QED) is 0.652. The Morgan fingerprint density at radius 3 is 2.74 bits per heavy atom. The number of carbonyl (C=O) groups is 1. The number of fused-ring (bicyclic) bond motifs is 1. The molecule has 0 bridgehead atoms. The number of Topliss-reactive ketones (excluding diaryl/α,β-unsaturated/α-hetero) is 1.